The van der Waals surface area contributed by atoms with Gasteiger partial charge >= 0.3 is 0 Å². The van der Waals surface area contributed by atoms with Crippen LogP contribution in [0, 0.1) is 12.7 Å². The van der Waals surface area contributed by atoms with E-state index in [2.05, 4.69) is 10.4 Å². The average molecular weight is 506 g/mol. The molecule has 1 heterocycles. The molecule has 0 aliphatic rings. The second kappa shape index (κ2) is 11.6. The molecule has 0 spiro atoms. The molecule has 36 heavy (non-hydrogen) atoms. The van der Waals surface area contributed by atoms with Gasteiger partial charge < -0.3 is 14.8 Å². The molecule has 0 aliphatic carbocycles. The highest BCUT2D eigenvalue weighted by Crippen LogP contribution is 2.24. The number of carbonyl (C=O) groups is 1. The number of anilines is 1. The molecule has 3 aromatic carbocycles. The van der Waals surface area contributed by atoms with Gasteiger partial charge in [0.05, 0.1) is 13.7 Å². The number of benzene rings is 3. The van der Waals surface area contributed by atoms with Crippen LogP contribution in [0.3, 0.4) is 0 Å². The van der Waals surface area contributed by atoms with E-state index in [1.54, 1.807) is 31.4 Å². The molecule has 4 rings (SSSR count). The Hall–Kier alpha value is -4.10. The Morgan fingerprint density at radius 2 is 1.94 bits per heavy atom. The second-order valence-electron chi connectivity index (χ2n) is 8.11. The predicted octanol–water partition coefficient (Wildman–Crippen LogP) is 6.27. The molecule has 0 unspecified atom stereocenters. The largest absolute Gasteiger partial charge is 0.496 e. The maximum absolute atomic E-state index is 13.9. The standard InChI is InChI=1S/C28H25ClFN3O3/c1-19-6-5-8-23(14-19)36-18-22-15-20(10-12-26(22)35-2)11-13-27(34)31-28-24(29)17-33(32-28)16-21-7-3-4-9-25(21)30/h3-15,17H,16,18H2,1-2H3,(H,31,32,34)/b13-11+. The Morgan fingerprint density at radius 1 is 1.11 bits per heavy atom. The minimum Gasteiger partial charge on any atom is -0.496 e. The number of halogens is 2. The molecule has 8 heteroatoms. The number of amides is 1. The third-order valence-corrected chi connectivity index (χ3v) is 5.64. The molecule has 0 bridgehead atoms. The normalized spacial score (nSPS) is 11.0. The zero-order valence-corrected chi connectivity index (χ0v) is 20.6. The van der Waals surface area contributed by atoms with Crippen molar-refractivity contribution in [2.45, 2.75) is 20.1 Å². The maximum atomic E-state index is 13.9. The molecule has 4 aromatic rings. The lowest BCUT2D eigenvalue weighted by Crippen LogP contribution is -2.10. The minimum absolute atomic E-state index is 0.192. The molecule has 0 aliphatic heterocycles. The van der Waals surface area contributed by atoms with Gasteiger partial charge in [0, 0.05) is 23.4 Å². The summed E-state index contributed by atoms with van der Waals surface area (Å²) in [4.78, 5) is 12.5. The summed E-state index contributed by atoms with van der Waals surface area (Å²) in [6.07, 6.45) is 4.60. The van der Waals surface area contributed by atoms with Crippen molar-refractivity contribution in [3.63, 3.8) is 0 Å². The van der Waals surface area contributed by atoms with Gasteiger partial charge in [-0.25, -0.2) is 4.39 Å². The number of carbonyl (C=O) groups excluding carboxylic acids is 1. The van der Waals surface area contributed by atoms with Crippen molar-refractivity contribution in [1.29, 1.82) is 0 Å². The third-order valence-electron chi connectivity index (χ3n) is 5.36. The van der Waals surface area contributed by atoms with Gasteiger partial charge in [-0.1, -0.05) is 48.0 Å². The molecule has 1 N–H and O–H groups in total. The first-order chi connectivity index (χ1) is 17.4. The summed E-state index contributed by atoms with van der Waals surface area (Å²) in [7, 11) is 1.60. The highest BCUT2D eigenvalue weighted by atomic mass is 35.5. The Bertz CT molecular complexity index is 1400. The van der Waals surface area contributed by atoms with Crippen molar-refractivity contribution in [3.05, 3.63) is 112 Å². The predicted molar refractivity (Wildman–Crippen MR) is 139 cm³/mol. The van der Waals surface area contributed by atoms with Gasteiger partial charge in [0.25, 0.3) is 0 Å². The number of hydrogen-bond donors (Lipinski definition) is 1. The van der Waals surface area contributed by atoms with Crippen LogP contribution in [-0.2, 0) is 17.9 Å². The van der Waals surface area contributed by atoms with Crippen LogP contribution < -0.4 is 14.8 Å². The summed E-state index contributed by atoms with van der Waals surface area (Å²) < 4.78 is 26.7. The van der Waals surface area contributed by atoms with Crippen molar-refractivity contribution < 1.29 is 18.7 Å². The van der Waals surface area contributed by atoms with Crippen LogP contribution in [0.15, 0.2) is 79.0 Å². The summed E-state index contributed by atoms with van der Waals surface area (Å²) in [5, 5.41) is 7.17. The fourth-order valence-corrected chi connectivity index (χ4v) is 3.77. The number of rotatable bonds is 9. The molecule has 0 atom stereocenters. The fraction of sp³-hybridized carbons (Fsp3) is 0.143. The van der Waals surface area contributed by atoms with Crippen LogP contribution in [0.2, 0.25) is 5.02 Å². The summed E-state index contributed by atoms with van der Waals surface area (Å²) in [5.41, 5.74) is 3.22. The number of aryl methyl sites for hydroxylation is 1. The van der Waals surface area contributed by atoms with E-state index >= 15 is 0 Å². The minimum atomic E-state index is -0.401. The van der Waals surface area contributed by atoms with Crippen molar-refractivity contribution in [3.8, 4) is 11.5 Å². The topological polar surface area (TPSA) is 65.4 Å². The summed E-state index contributed by atoms with van der Waals surface area (Å²) >= 11 is 6.22. The molecule has 6 nitrogen and oxygen atoms in total. The van der Waals surface area contributed by atoms with Crippen molar-refractivity contribution in [1.82, 2.24) is 9.78 Å². The number of nitrogens with zero attached hydrogens (tertiary/aromatic N) is 2. The van der Waals surface area contributed by atoms with Gasteiger partial charge in [-0.3, -0.25) is 9.48 Å². The van der Waals surface area contributed by atoms with Gasteiger partial charge in [0.2, 0.25) is 5.91 Å². The van der Waals surface area contributed by atoms with Crippen LogP contribution in [-0.4, -0.2) is 22.8 Å². The fourth-order valence-electron chi connectivity index (χ4n) is 3.58. The van der Waals surface area contributed by atoms with E-state index in [-0.39, 0.29) is 23.2 Å². The lowest BCUT2D eigenvalue weighted by molar-refractivity contribution is -0.111. The highest BCUT2D eigenvalue weighted by molar-refractivity contribution is 6.33. The van der Waals surface area contributed by atoms with Gasteiger partial charge in [0.1, 0.15) is 28.9 Å². The number of ether oxygens (including phenoxy) is 2. The average Bonchev–Trinajstić information content (AvgIpc) is 3.21. The number of hydrogen-bond acceptors (Lipinski definition) is 4. The van der Waals surface area contributed by atoms with Gasteiger partial charge in [-0.15, -0.1) is 0 Å². The quantitative estimate of drug-likeness (QED) is 0.272. The monoisotopic (exact) mass is 505 g/mol. The second-order valence-corrected chi connectivity index (χ2v) is 8.52. The Labute approximate surface area is 213 Å². The van der Waals surface area contributed by atoms with Crippen LogP contribution in [0.5, 0.6) is 11.5 Å². The smallest absolute Gasteiger partial charge is 0.249 e. The van der Waals surface area contributed by atoms with E-state index < -0.39 is 5.91 Å². The third kappa shape index (κ3) is 6.52. The summed E-state index contributed by atoms with van der Waals surface area (Å²) in [5.74, 6) is 0.923. The SMILES string of the molecule is COc1ccc(/C=C/C(=O)Nc2nn(Cc3ccccc3F)cc2Cl)cc1COc1cccc(C)c1. The summed E-state index contributed by atoms with van der Waals surface area (Å²) in [6.45, 7) is 2.51. The molecule has 0 saturated heterocycles. The first-order valence-electron chi connectivity index (χ1n) is 11.2. The first kappa shape index (κ1) is 25.0. The number of aromatic nitrogens is 2. The molecular formula is C28H25ClFN3O3. The zero-order chi connectivity index (χ0) is 25.5. The van der Waals surface area contributed by atoms with Crippen LogP contribution >= 0.6 is 11.6 Å². The van der Waals surface area contributed by atoms with E-state index in [0.717, 1.165) is 22.4 Å². The van der Waals surface area contributed by atoms with E-state index in [1.165, 1.54) is 23.0 Å². The first-order valence-corrected chi connectivity index (χ1v) is 11.6. The number of methoxy groups -OCH3 is 1. The molecular weight excluding hydrogens is 481 g/mol. The van der Waals surface area contributed by atoms with Gasteiger partial charge in [-0.05, 0) is 54.5 Å². The lowest BCUT2D eigenvalue weighted by atomic mass is 10.1. The molecule has 1 aromatic heterocycles. The zero-order valence-electron chi connectivity index (χ0n) is 19.9. The van der Waals surface area contributed by atoms with Crippen LogP contribution in [0.4, 0.5) is 10.2 Å². The molecule has 0 saturated carbocycles. The van der Waals surface area contributed by atoms with Crippen molar-refractivity contribution in [2.24, 2.45) is 0 Å². The Balaban J connectivity index is 1.40. The molecule has 0 fully saturated rings. The van der Waals surface area contributed by atoms with Gasteiger partial charge in [0.15, 0.2) is 5.82 Å². The Morgan fingerprint density at radius 3 is 2.72 bits per heavy atom. The van der Waals surface area contributed by atoms with E-state index in [4.69, 9.17) is 21.1 Å². The molecule has 0 radical (unpaired) electrons. The van der Waals surface area contributed by atoms with E-state index in [0.29, 0.717) is 17.9 Å². The maximum Gasteiger partial charge on any atom is 0.249 e. The van der Waals surface area contributed by atoms with E-state index in [1.807, 2.05) is 49.4 Å². The number of nitrogens with one attached hydrogen (secondary N) is 1. The molecule has 1 amide bonds. The van der Waals surface area contributed by atoms with Crippen LogP contribution in [0.1, 0.15) is 22.3 Å². The summed E-state index contributed by atoms with van der Waals surface area (Å²) in [6, 6.07) is 19.8. The van der Waals surface area contributed by atoms with Crippen LogP contribution in [0.25, 0.3) is 6.08 Å². The Kier molecular flexibility index (Phi) is 8.02. The van der Waals surface area contributed by atoms with Gasteiger partial charge in [-0.2, -0.15) is 5.10 Å². The molecule has 184 valence electrons. The van der Waals surface area contributed by atoms with Crippen molar-refractivity contribution >= 4 is 29.4 Å². The lowest BCUT2D eigenvalue weighted by Gasteiger charge is -2.11. The van der Waals surface area contributed by atoms with Crippen molar-refractivity contribution in [2.75, 3.05) is 12.4 Å². The van der Waals surface area contributed by atoms with E-state index in [9.17, 15) is 9.18 Å². The highest BCUT2D eigenvalue weighted by Gasteiger charge is 2.11.